The van der Waals surface area contributed by atoms with Gasteiger partial charge in [-0.2, -0.15) is 5.10 Å². The van der Waals surface area contributed by atoms with Gasteiger partial charge in [0, 0.05) is 17.8 Å². The largest absolute Gasteiger partial charge is 0.460 e. The number of nitrogens with zero attached hydrogens (tertiary/aromatic N) is 3. The molecule has 0 bridgehead atoms. The van der Waals surface area contributed by atoms with E-state index in [1.54, 1.807) is 0 Å². The van der Waals surface area contributed by atoms with Crippen LogP contribution >= 0.6 is 0 Å². The van der Waals surface area contributed by atoms with Crippen molar-refractivity contribution in [1.29, 1.82) is 0 Å². The summed E-state index contributed by atoms with van der Waals surface area (Å²) in [6.07, 6.45) is 0.235. The van der Waals surface area contributed by atoms with E-state index < -0.39 is 0 Å². The fourth-order valence-corrected chi connectivity index (χ4v) is 2.57. The van der Waals surface area contributed by atoms with Crippen LogP contribution in [0.2, 0.25) is 0 Å². The summed E-state index contributed by atoms with van der Waals surface area (Å²) in [7, 11) is 0. The van der Waals surface area contributed by atoms with E-state index in [-0.39, 0.29) is 19.0 Å². The average molecular weight is 319 g/mol. The molecule has 0 atom stereocenters. The number of carbonyl (C=O) groups excluding carboxylic acids is 1. The van der Waals surface area contributed by atoms with Gasteiger partial charge in [0.25, 0.3) is 0 Å². The Kier molecular flexibility index (Phi) is 5.23. The molecule has 0 aliphatic heterocycles. The van der Waals surface area contributed by atoms with Gasteiger partial charge in [-0.1, -0.05) is 19.0 Å². The van der Waals surface area contributed by atoms with Gasteiger partial charge in [0.1, 0.15) is 12.4 Å². The second kappa shape index (κ2) is 6.98. The Bertz CT molecular complexity index is 679. The summed E-state index contributed by atoms with van der Waals surface area (Å²) >= 11 is 0. The Hall–Kier alpha value is -2.11. The van der Waals surface area contributed by atoms with Crippen molar-refractivity contribution >= 4 is 5.97 Å². The SMILES string of the molecule is Cc1noc(C)c1COC(=O)Cc1c(C)nn(CC(C)C)c1C. The molecular weight excluding hydrogens is 294 g/mol. The molecule has 2 aromatic heterocycles. The van der Waals surface area contributed by atoms with Crippen molar-refractivity contribution in [3.8, 4) is 0 Å². The number of hydrogen-bond donors (Lipinski definition) is 0. The number of aromatic nitrogens is 3. The van der Waals surface area contributed by atoms with E-state index in [4.69, 9.17) is 9.26 Å². The third-order valence-corrected chi connectivity index (χ3v) is 3.95. The number of aryl methyl sites for hydroxylation is 3. The molecule has 0 spiro atoms. The Morgan fingerprint density at radius 2 is 1.87 bits per heavy atom. The van der Waals surface area contributed by atoms with Gasteiger partial charge in [-0.25, -0.2) is 0 Å². The van der Waals surface area contributed by atoms with Crippen LogP contribution in [0.15, 0.2) is 4.52 Å². The molecule has 2 rings (SSSR count). The highest BCUT2D eigenvalue weighted by Crippen LogP contribution is 2.17. The van der Waals surface area contributed by atoms with Crippen LogP contribution in [-0.2, 0) is 29.1 Å². The monoisotopic (exact) mass is 319 g/mol. The summed E-state index contributed by atoms with van der Waals surface area (Å²) in [5, 5.41) is 8.38. The van der Waals surface area contributed by atoms with Crippen LogP contribution in [0.25, 0.3) is 0 Å². The highest BCUT2D eigenvalue weighted by Gasteiger charge is 2.17. The lowest BCUT2D eigenvalue weighted by molar-refractivity contribution is -0.144. The molecule has 0 N–H and O–H groups in total. The molecule has 0 saturated carbocycles. The first kappa shape index (κ1) is 17.2. The lowest BCUT2D eigenvalue weighted by Gasteiger charge is -2.08. The van der Waals surface area contributed by atoms with E-state index in [9.17, 15) is 4.79 Å². The van der Waals surface area contributed by atoms with E-state index in [0.29, 0.717) is 11.7 Å². The molecule has 2 heterocycles. The van der Waals surface area contributed by atoms with E-state index in [0.717, 1.165) is 34.8 Å². The standard InChI is InChI=1S/C17H25N3O3/c1-10(2)8-20-13(5)15(11(3)18-20)7-17(21)22-9-16-12(4)19-23-14(16)6/h10H,7-9H2,1-6H3. The predicted octanol–water partition coefficient (Wildman–Crippen LogP) is 3.05. The van der Waals surface area contributed by atoms with E-state index in [2.05, 4.69) is 24.1 Å². The normalized spacial score (nSPS) is 11.3. The summed E-state index contributed by atoms with van der Waals surface area (Å²) in [6.45, 7) is 12.9. The van der Waals surface area contributed by atoms with Gasteiger partial charge in [0.05, 0.1) is 23.4 Å². The quantitative estimate of drug-likeness (QED) is 0.765. The van der Waals surface area contributed by atoms with Gasteiger partial charge in [0.2, 0.25) is 0 Å². The fraction of sp³-hybridized carbons (Fsp3) is 0.588. The van der Waals surface area contributed by atoms with Gasteiger partial charge in [-0.3, -0.25) is 9.48 Å². The smallest absolute Gasteiger partial charge is 0.310 e. The first-order valence-corrected chi connectivity index (χ1v) is 7.89. The lowest BCUT2D eigenvalue weighted by atomic mass is 10.1. The Labute approximate surface area is 136 Å². The molecule has 126 valence electrons. The molecule has 0 aliphatic carbocycles. The summed E-state index contributed by atoms with van der Waals surface area (Å²) < 4.78 is 12.4. The van der Waals surface area contributed by atoms with Crippen LogP contribution in [0.3, 0.4) is 0 Å². The Morgan fingerprint density at radius 1 is 1.17 bits per heavy atom. The molecule has 2 aromatic rings. The molecule has 0 unspecified atom stereocenters. The minimum absolute atomic E-state index is 0.193. The van der Waals surface area contributed by atoms with E-state index in [1.165, 1.54) is 0 Å². The molecule has 0 amide bonds. The maximum Gasteiger partial charge on any atom is 0.310 e. The fourth-order valence-electron chi connectivity index (χ4n) is 2.57. The van der Waals surface area contributed by atoms with E-state index >= 15 is 0 Å². The zero-order valence-corrected chi connectivity index (χ0v) is 14.8. The van der Waals surface area contributed by atoms with Gasteiger partial charge in [-0.05, 0) is 33.6 Å². The summed E-state index contributed by atoms with van der Waals surface area (Å²) in [6, 6.07) is 0. The third kappa shape index (κ3) is 4.00. The van der Waals surface area contributed by atoms with Crippen molar-refractivity contribution < 1.29 is 14.1 Å². The average Bonchev–Trinajstić information content (AvgIpc) is 2.91. The second-order valence-electron chi connectivity index (χ2n) is 6.37. The van der Waals surface area contributed by atoms with Gasteiger partial charge in [0.15, 0.2) is 0 Å². The minimum atomic E-state index is -0.264. The molecule has 0 aliphatic rings. The van der Waals surface area contributed by atoms with Gasteiger partial charge >= 0.3 is 5.97 Å². The molecule has 0 saturated heterocycles. The number of esters is 1. The first-order valence-electron chi connectivity index (χ1n) is 7.89. The van der Waals surface area contributed by atoms with Crippen molar-refractivity contribution in [3.05, 3.63) is 34.0 Å². The van der Waals surface area contributed by atoms with Gasteiger partial charge in [-0.15, -0.1) is 0 Å². The van der Waals surface area contributed by atoms with Crippen LogP contribution in [0.1, 0.15) is 47.8 Å². The number of rotatable bonds is 6. The van der Waals surface area contributed by atoms with Gasteiger partial charge < -0.3 is 9.26 Å². The Balaban J connectivity index is 2.02. The minimum Gasteiger partial charge on any atom is -0.460 e. The number of hydrogen-bond acceptors (Lipinski definition) is 5. The highest BCUT2D eigenvalue weighted by molar-refractivity contribution is 5.73. The highest BCUT2D eigenvalue weighted by atomic mass is 16.5. The van der Waals surface area contributed by atoms with Crippen molar-refractivity contribution in [3.63, 3.8) is 0 Å². The maximum absolute atomic E-state index is 12.2. The molecule has 6 nitrogen and oxygen atoms in total. The van der Waals surface area contributed by atoms with E-state index in [1.807, 2.05) is 32.4 Å². The predicted molar refractivity (Wildman–Crippen MR) is 86.0 cm³/mol. The number of ether oxygens (including phenoxy) is 1. The molecule has 23 heavy (non-hydrogen) atoms. The first-order chi connectivity index (χ1) is 10.8. The number of carbonyl (C=O) groups is 1. The van der Waals surface area contributed by atoms with Crippen LogP contribution in [-0.4, -0.2) is 20.9 Å². The third-order valence-electron chi connectivity index (χ3n) is 3.95. The van der Waals surface area contributed by atoms with Crippen molar-refractivity contribution in [1.82, 2.24) is 14.9 Å². The van der Waals surface area contributed by atoms with Crippen LogP contribution in [0.4, 0.5) is 0 Å². The second-order valence-corrected chi connectivity index (χ2v) is 6.37. The summed E-state index contributed by atoms with van der Waals surface area (Å²) in [5.41, 5.74) is 4.46. The zero-order chi connectivity index (χ0) is 17.1. The molecule has 0 fully saturated rings. The van der Waals surface area contributed by atoms with Crippen molar-refractivity contribution in [2.24, 2.45) is 5.92 Å². The van der Waals surface area contributed by atoms with Crippen molar-refractivity contribution in [2.45, 2.75) is 61.1 Å². The molecule has 0 radical (unpaired) electrons. The zero-order valence-electron chi connectivity index (χ0n) is 14.8. The summed E-state index contributed by atoms with van der Waals surface area (Å²) in [5.74, 6) is 0.931. The van der Waals surface area contributed by atoms with Crippen LogP contribution in [0.5, 0.6) is 0 Å². The Morgan fingerprint density at radius 3 is 2.43 bits per heavy atom. The van der Waals surface area contributed by atoms with Crippen molar-refractivity contribution in [2.75, 3.05) is 0 Å². The molecule has 6 heteroatoms. The maximum atomic E-state index is 12.2. The molecular formula is C17H25N3O3. The topological polar surface area (TPSA) is 70.2 Å². The van der Waals surface area contributed by atoms with Crippen LogP contribution < -0.4 is 0 Å². The summed E-state index contributed by atoms with van der Waals surface area (Å²) in [4.78, 5) is 12.2. The lowest BCUT2D eigenvalue weighted by Crippen LogP contribution is -2.11. The molecule has 0 aromatic carbocycles. The van der Waals surface area contributed by atoms with Crippen LogP contribution in [0, 0.1) is 33.6 Å².